The molecule has 1 atom stereocenters. The molecule has 1 saturated heterocycles. The van der Waals surface area contributed by atoms with Crippen LogP contribution < -0.4 is 15.5 Å². The Morgan fingerprint density at radius 3 is 2.69 bits per heavy atom. The van der Waals surface area contributed by atoms with E-state index in [1.165, 1.54) is 24.0 Å². The lowest BCUT2D eigenvalue weighted by atomic mass is 9.98. The van der Waals surface area contributed by atoms with Gasteiger partial charge < -0.3 is 15.5 Å². The third-order valence-corrected chi connectivity index (χ3v) is 6.09. The fourth-order valence-corrected chi connectivity index (χ4v) is 4.41. The molecule has 0 spiro atoms. The van der Waals surface area contributed by atoms with E-state index in [4.69, 9.17) is 0 Å². The van der Waals surface area contributed by atoms with Gasteiger partial charge in [0.05, 0.1) is 5.69 Å². The molecular weight excluding hydrogens is 362 g/mol. The fourth-order valence-electron chi connectivity index (χ4n) is 4.41. The van der Waals surface area contributed by atoms with Gasteiger partial charge in [0.25, 0.3) is 0 Å². The highest BCUT2D eigenvalue weighted by atomic mass is 16.2. The number of aromatic nitrogens is 1. The average Bonchev–Trinajstić information content (AvgIpc) is 3.29. The lowest BCUT2D eigenvalue weighted by Gasteiger charge is -2.35. The second-order valence-corrected chi connectivity index (χ2v) is 7.96. The monoisotopic (exact) mass is 393 g/mol. The third kappa shape index (κ3) is 4.70. The summed E-state index contributed by atoms with van der Waals surface area (Å²) in [5, 5.41) is 6.10. The second-order valence-electron chi connectivity index (χ2n) is 7.96. The smallest absolute Gasteiger partial charge is 0.319 e. The van der Waals surface area contributed by atoms with Gasteiger partial charge in [0.1, 0.15) is 0 Å². The van der Waals surface area contributed by atoms with Crippen LogP contribution in [0.4, 0.5) is 16.3 Å². The molecule has 0 aliphatic carbocycles. The first-order valence-electron chi connectivity index (χ1n) is 10.8. The van der Waals surface area contributed by atoms with Crippen LogP contribution in [0.3, 0.4) is 0 Å². The highest BCUT2D eigenvalue weighted by Gasteiger charge is 2.23. The van der Waals surface area contributed by atoms with Gasteiger partial charge in [0.15, 0.2) is 5.82 Å². The number of fused-ring (bicyclic) bond motifs is 1. The molecule has 3 heterocycles. The van der Waals surface area contributed by atoms with E-state index in [0.717, 1.165) is 50.5 Å². The Kier molecular flexibility index (Phi) is 6.30. The van der Waals surface area contributed by atoms with Gasteiger partial charge in [-0.2, -0.15) is 0 Å². The van der Waals surface area contributed by atoms with E-state index in [-0.39, 0.29) is 6.03 Å². The summed E-state index contributed by atoms with van der Waals surface area (Å²) in [6, 6.07) is 12.7. The van der Waals surface area contributed by atoms with Crippen molar-refractivity contribution in [2.75, 3.05) is 36.4 Å². The molecule has 1 fully saturated rings. The van der Waals surface area contributed by atoms with E-state index in [1.807, 2.05) is 12.1 Å². The summed E-state index contributed by atoms with van der Waals surface area (Å²) < 4.78 is 0. The minimum Gasteiger partial charge on any atom is -0.355 e. The summed E-state index contributed by atoms with van der Waals surface area (Å²) in [4.78, 5) is 21.8. The standard InChI is InChI=1S/C23H31N5O/c1-2-20(28-15-11-18-8-3-4-9-19(18)17-28)16-25-23(29)26-21-10-7-12-24-22(21)27-13-5-6-14-27/h3-4,7-10,12,20H,2,5-6,11,13-17H2,1H3,(H2,25,26,29). The number of rotatable bonds is 6. The van der Waals surface area contributed by atoms with Crippen LogP contribution >= 0.6 is 0 Å². The van der Waals surface area contributed by atoms with Crippen molar-refractivity contribution in [1.29, 1.82) is 0 Å². The number of nitrogens with zero attached hydrogens (tertiary/aromatic N) is 3. The Balaban J connectivity index is 1.33. The van der Waals surface area contributed by atoms with Gasteiger partial charge in [-0.05, 0) is 48.9 Å². The first-order chi connectivity index (χ1) is 14.2. The van der Waals surface area contributed by atoms with Crippen LogP contribution in [-0.2, 0) is 13.0 Å². The Bertz CT molecular complexity index is 834. The lowest BCUT2D eigenvalue weighted by molar-refractivity contribution is 0.170. The SMILES string of the molecule is CCC(CNC(=O)Nc1cccnc1N1CCCC1)N1CCc2ccccc2C1. The summed E-state index contributed by atoms with van der Waals surface area (Å²) in [5.41, 5.74) is 3.65. The molecule has 1 aromatic carbocycles. The van der Waals surface area contributed by atoms with Crippen molar-refractivity contribution in [2.45, 2.75) is 45.2 Å². The van der Waals surface area contributed by atoms with Gasteiger partial charge in [-0.3, -0.25) is 4.90 Å². The van der Waals surface area contributed by atoms with Crippen molar-refractivity contribution < 1.29 is 4.79 Å². The number of amides is 2. The minimum atomic E-state index is -0.158. The predicted molar refractivity (Wildman–Crippen MR) is 117 cm³/mol. The van der Waals surface area contributed by atoms with Gasteiger partial charge in [0.2, 0.25) is 0 Å². The van der Waals surface area contributed by atoms with Crippen LogP contribution in [0.25, 0.3) is 0 Å². The van der Waals surface area contributed by atoms with E-state index in [9.17, 15) is 4.79 Å². The molecule has 0 bridgehead atoms. The van der Waals surface area contributed by atoms with Crippen LogP contribution in [0, 0.1) is 0 Å². The maximum atomic E-state index is 12.6. The molecular formula is C23H31N5O. The topological polar surface area (TPSA) is 60.5 Å². The molecule has 2 N–H and O–H groups in total. The van der Waals surface area contributed by atoms with Gasteiger partial charge in [-0.1, -0.05) is 31.2 Å². The first kappa shape index (κ1) is 19.7. The van der Waals surface area contributed by atoms with Crippen LogP contribution in [0.2, 0.25) is 0 Å². The highest BCUT2D eigenvalue weighted by Crippen LogP contribution is 2.26. The summed E-state index contributed by atoms with van der Waals surface area (Å²) in [7, 11) is 0. The summed E-state index contributed by atoms with van der Waals surface area (Å²) in [6.45, 7) is 6.84. The second kappa shape index (κ2) is 9.27. The molecule has 2 aliphatic heterocycles. The third-order valence-electron chi connectivity index (χ3n) is 6.09. The molecule has 6 nitrogen and oxygen atoms in total. The number of nitrogens with one attached hydrogen (secondary N) is 2. The van der Waals surface area contributed by atoms with Crippen molar-refractivity contribution in [3.63, 3.8) is 0 Å². The quantitative estimate of drug-likeness (QED) is 0.787. The van der Waals surface area contributed by atoms with Crippen LogP contribution in [0.1, 0.15) is 37.3 Å². The van der Waals surface area contributed by atoms with Crippen LogP contribution in [-0.4, -0.2) is 48.1 Å². The zero-order valence-electron chi connectivity index (χ0n) is 17.2. The van der Waals surface area contributed by atoms with E-state index in [1.54, 1.807) is 6.20 Å². The molecule has 4 rings (SSSR count). The van der Waals surface area contributed by atoms with Gasteiger partial charge in [0, 0.05) is 45.0 Å². The maximum Gasteiger partial charge on any atom is 0.319 e. The number of hydrogen-bond acceptors (Lipinski definition) is 4. The summed E-state index contributed by atoms with van der Waals surface area (Å²) >= 11 is 0. The van der Waals surface area contributed by atoms with Crippen molar-refractivity contribution in [1.82, 2.24) is 15.2 Å². The molecule has 2 amide bonds. The molecule has 0 radical (unpaired) electrons. The van der Waals surface area contributed by atoms with Crippen molar-refractivity contribution in [3.05, 3.63) is 53.7 Å². The molecule has 29 heavy (non-hydrogen) atoms. The van der Waals surface area contributed by atoms with Crippen LogP contribution in [0.5, 0.6) is 0 Å². The van der Waals surface area contributed by atoms with E-state index in [0.29, 0.717) is 12.6 Å². The number of benzene rings is 1. The maximum absolute atomic E-state index is 12.6. The minimum absolute atomic E-state index is 0.158. The molecule has 0 saturated carbocycles. The van der Waals surface area contributed by atoms with E-state index < -0.39 is 0 Å². The predicted octanol–water partition coefficient (Wildman–Crippen LogP) is 3.64. The molecule has 154 valence electrons. The summed E-state index contributed by atoms with van der Waals surface area (Å²) in [5.74, 6) is 0.875. The molecule has 1 aromatic heterocycles. The molecule has 2 aromatic rings. The van der Waals surface area contributed by atoms with Gasteiger partial charge >= 0.3 is 6.03 Å². The van der Waals surface area contributed by atoms with Crippen molar-refractivity contribution >= 4 is 17.5 Å². The number of pyridine rings is 1. The van der Waals surface area contributed by atoms with Crippen molar-refractivity contribution in [3.8, 4) is 0 Å². The zero-order valence-corrected chi connectivity index (χ0v) is 17.2. The molecule has 2 aliphatic rings. The number of carbonyl (C=O) groups is 1. The average molecular weight is 394 g/mol. The number of anilines is 2. The summed E-state index contributed by atoms with van der Waals surface area (Å²) in [6.07, 6.45) is 6.23. The van der Waals surface area contributed by atoms with Gasteiger partial charge in [-0.15, -0.1) is 0 Å². The van der Waals surface area contributed by atoms with E-state index in [2.05, 4.69) is 56.6 Å². The molecule has 1 unspecified atom stereocenters. The Labute approximate surface area is 173 Å². The number of hydrogen-bond donors (Lipinski definition) is 2. The Morgan fingerprint density at radius 1 is 1.10 bits per heavy atom. The van der Waals surface area contributed by atoms with E-state index >= 15 is 0 Å². The largest absolute Gasteiger partial charge is 0.355 e. The zero-order chi connectivity index (χ0) is 20.1. The number of carbonyl (C=O) groups excluding carboxylic acids is 1. The normalized spacial score (nSPS) is 17.6. The number of urea groups is 1. The Hall–Kier alpha value is -2.60. The molecule has 6 heteroatoms. The lowest BCUT2D eigenvalue weighted by Crippen LogP contribution is -2.46. The van der Waals surface area contributed by atoms with Crippen LogP contribution in [0.15, 0.2) is 42.6 Å². The van der Waals surface area contributed by atoms with Crippen molar-refractivity contribution in [2.24, 2.45) is 0 Å². The fraction of sp³-hybridized carbons (Fsp3) is 0.478. The van der Waals surface area contributed by atoms with Gasteiger partial charge in [-0.25, -0.2) is 9.78 Å². The Morgan fingerprint density at radius 2 is 1.90 bits per heavy atom. The first-order valence-corrected chi connectivity index (χ1v) is 10.8. The highest BCUT2D eigenvalue weighted by molar-refractivity contribution is 5.92.